The van der Waals surface area contributed by atoms with Gasteiger partial charge in [0.25, 0.3) is 0 Å². The Morgan fingerprint density at radius 3 is 2.29 bits per heavy atom. The largest absolute Gasteiger partial charge is 0.389 e. The normalized spacial score (nSPS) is 22.3. The summed E-state index contributed by atoms with van der Waals surface area (Å²) in [6.07, 6.45) is -5.60. The monoisotopic (exact) mass is 213 g/mol. The minimum absolute atomic E-state index is 0.182. The van der Waals surface area contributed by atoms with Crippen molar-refractivity contribution in [2.75, 3.05) is 13.1 Å². The molecule has 0 aromatic heterocycles. The van der Waals surface area contributed by atoms with E-state index in [-0.39, 0.29) is 12.3 Å². The van der Waals surface area contributed by atoms with Gasteiger partial charge < -0.3 is 5.32 Å². The van der Waals surface area contributed by atoms with Gasteiger partial charge >= 0.3 is 6.18 Å². The van der Waals surface area contributed by atoms with Gasteiger partial charge in [0.2, 0.25) is 0 Å². The molecule has 0 bridgehead atoms. The third-order valence-electron chi connectivity index (χ3n) is 2.60. The minimum Gasteiger partial charge on any atom is -0.317 e. The highest BCUT2D eigenvalue weighted by molar-refractivity contribution is 4.76. The average molecular weight is 213 g/mol. The molecule has 1 N–H and O–H groups in total. The van der Waals surface area contributed by atoms with Crippen molar-refractivity contribution in [3.8, 4) is 0 Å². The van der Waals surface area contributed by atoms with Crippen LogP contribution in [0.15, 0.2) is 0 Å². The lowest BCUT2D eigenvalue weighted by Gasteiger charge is -2.25. The lowest BCUT2D eigenvalue weighted by molar-refractivity contribution is -0.139. The summed E-state index contributed by atoms with van der Waals surface area (Å²) >= 11 is 0. The van der Waals surface area contributed by atoms with Crippen LogP contribution < -0.4 is 5.32 Å². The third-order valence-corrected chi connectivity index (χ3v) is 2.60. The van der Waals surface area contributed by atoms with Gasteiger partial charge in [0, 0.05) is 6.42 Å². The molecule has 1 unspecified atom stereocenters. The summed E-state index contributed by atoms with van der Waals surface area (Å²) in [5.41, 5.74) is 0. The smallest absolute Gasteiger partial charge is 0.317 e. The summed E-state index contributed by atoms with van der Waals surface area (Å²) < 4.78 is 48.7. The van der Waals surface area contributed by atoms with Crippen LogP contribution in [0.25, 0.3) is 0 Å². The summed E-state index contributed by atoms with van der Waals surface area (Å²) in [6, 6.07) is 0. The molecule has 1 saturated heterocycles. The molecule has 1 nitrogen and oxygen atoms in total. The first-order valence-electron chi connectivity index (χ1n) is 4.90. The van der Waals surface area contributed by atoms with E-state index in [0.29, 0.717) is 12.8 Å². The molecule has 14 heavy (non-hydrogen) atoms. The Kier molecular flexibility index (Phi) is 4.16. The highest BCUT2D eigenvalue weighted by atomic mass is 19.4. The molecule has 1 aliphatic rings. The molecule has 0 aromatic rings. The molecule has 0 radical (unpaired) electrons. The summed E-state index contributed by atoms with van der Waals surface area (Å²) in [5.74, 6) is -0.182. The van der Waals surface area contributed by atoms with Crippen LogP contribution in [0.4, 0.5) is 17.6 Å². The van der Waals surface area contributed by atoms with Gasteiger partial charge in [0.1, 0.15) is 6.17 Å². The number of rotatable bonds is 3. The summed E-state index contributed by atoms with van der Waals surface area (Å²) in [5, 5.41) is 3.05. The molecular formula is C9H15F4N. The first-order valence-corrected chi connectivity index (χ1v) is 4.90. The van der Waals surface area contributed by atoms with Crippen molar-refractivity contribution in [1.82, 2.24) is 5.32 Å². The molecular weight excluding hydrogens is 198 g/mol. The first kappa shape index (κ1) is 11.8. The second-order valence-electron chi connectivity index (χ2n) is 3.76. The molecule has 0 aromatic carbocycles. The fraction of sp³-hybridized carbons (Fsp3) is 1.00. The van der Waals surface area contributed by atoms with E-state index >= 15 is 0 Å². The van der Waals surface area contributed by atoms with Crippen molar-refractivity contribution < 1.29 is 17.6 Å². The summed E-state index contributed by atoms with van der Waals surface area (Å²) in [6.45, 7) is 1.44. The molecule has 1 fully saturated rings. The number of nitrogens with one attached hydrogen (secondary N) is 1. The summed E-state index contributed by atoms with van der Waals surface area (Å²) in [4.78, 5) is 0. The average Bonchev–Trinajstić information content (AvgIpc) is 2.14. The predicted octanol–water partition coefficient (Wildman–Crippen LogP) is 2.67. The molecule has 84 valence electrons. The Hall–Kier alpha value is -0.320. The van der Waals surface area contributed by atoms with E-state index in [0.717, 1.165) is 13.1 Å². The number of alkyl halides is 4. The van der Waals surface area contributed by atoms with Crippen molar-refractivity contribution in [3.63, 3.8) is 0 Å². The van der Waals surface area contributed by atoms with Gasteiger partial charge in [-0.25, -0.2) is 4.39 Å². The van der Waals surface area contributed by atoms with Gasteiger partial charge in [-0.1, -0.05) is 0 Å². The fourth-order valence-electron chi connectivity index (χ4n) is 1.74. The molecule has 0 spiro atoms. The zero-order chi connectivity index (χ0) is 10.6. The molecule has 0 aliphatic carbocycles. The molecule has 5 heteroatoms. The van der Waals surface area contributed by atoms with E-state index in [2.05, 4.69) is 5.32 Å². The van der Waals surface area contributed by atoms with Gasteiger partial charge in [-0.2, -0.15) is 13.2 Å². The van der Waals surface area contributed by atoms with Gasteiger partial charge in [-0.05, 0) is 38.3 Å². The number of piperidine rings is 1. The van der Waals surface area contributed by atoms with Crippen molar-refractivity contribution in [1.29, 1.82) is 0 Å². The number of halogens is 4. The number of hydrogen-bond acceptors (Lipinski definition) is 1. The second-order valence-corrected chi connectivity index (χ2v) is 3.76. The van der Waals surface area contributed by atoms with Crippen molar-refractivity contribution in [2.24, 2.45) is 5.92 Å². The Morgan fingerprint density at radius 1 is 1.21 bits per heavy atom. The van der Waals surface area contributed by atoms with Gasteiger partial charge in [0.15, 0.2) is 0 Å². The SMILES string of the molecule is FC(CCC(F)(F)F)C1CCNCC1. The van der Waals surface area contributed by atoms with E-state index in [1.165, 1.54) is 0 Å². The van der Waals surface area contributed by atoms with Crippen LogP contribution in [0.5, 0.6) is 0 Å². The van der Waals surface area contributed by atoms with Crippen LogP contribution in [-0.2, 0) is 0 Å². The topological polar surface area (TPSA) is 12.0 Å². The van der Waals surface area contributed by atoms with Gasteiger partial charge in [-0.15, -0.1) is 0 Å². The van der Waals surface area contributed by atoms with Crippen LogP contribution in [0, 0.1) is 5.92 Å². The van der Waals surface area contributed by atoms with Crippen LogP contribution in [-0.4, -0.2) is 25.4 Å². The predicted molar refractivity (Wildman–Crippen MR) is 45.8 cm³/mol. The Balaban J connectivity index is 2.23. The Morgan fingerprint density at radius 2 is 1.79 bits per heavy atom. The molecule has 1 rings (SSSR count). The van der Waals surface area contributed by atoms with Gasteiger partial charge in [0.05, 0.1) is 0 Å². The fourth-order valence-corrected chi connectivity index (χ4v) is 1.74. The van der Waals surface area contributed by atoms with Crippen LogP contribution in [0.1, 0.15) is 25.7 Å². The van der Waals surface area contributed by atoms with Gasteiger partial charge in [-0.3, -0.25) is 0 Å². The zero-order valence-electron chi connectivity index (χ0n) is 7.91. The van der Waals surface area contributed by atoms with Crippen LogP contribution >= 0.6 is 0 Å². The Labute approximate surface area is 80.9 Å². The van der Waals surface area contributed by atoms with Crippen molar-refractivity contribution >= 4 is 0 Å². The van der Waals surface area contributed by atoms with Crippen molar-refractivity contribution in [2.45, 2.75) is 38.0 Å². The maximum atomic E-state index is 13.3. The lowest BCUT2D eigenvalue weighted by Crippen LogP contribution is -2.32. The molecule has 0 amide bonds. The third kappa shape index (κ3) is 4.26. The summed E-state index contributed by atoms with van der Waals surface area (Å²) in [7, 11) is 0. The Bertz CT molecular complexity index is 163. The van der Waals surface area contributed by atoms with E-state index in [9.17, 15) is 17.6 Å². The number of hydrogen-bond donors (Lipinski definition) is 1. The highest BCUT2D eigenvalue weighted by Gasteiger charge is 2.31. The minimum atomic E-state index is -4.22. The van der Waals surface area contributed by atoms with Crippen LogP contribution in [0.2, 0.25) is 0 Å². The van der Waals surface area contributed by atoms with Crippen LogP contribution in [0.3, 0.4) is 0 Å². The highest BCUT2D eigenvalue weighted by Crippen LogP contribution is 2.28. The molecule has 1 aliphatic heterocycles. The molecule has 1 heterocycles. The molecule has 1 atom stereocenters. The lowest BCUT2D eigenvalue weighted by atomic mass is 9.91. The second kappa shape index (κ2) is 4.96. The van der Waals surface area contributed by atoms with E-state index in [1.807, 2.05) is 0 Å². The first-order chi connectivity index (χ1) is 6.49. The quantitative estimate of drug-likeness (QED) is 0.711. The van der Waals surface area contributed by atoms with E-state index < -0.39 is 18.8 Å². The molecule has 0 saturated carbocycles. The van der Waals surface area contributed by atoms with Crippen molar-refractivity contribution in [3.05, 3.63) is 0 Å². The zero-order valence-corrected chi connectivity index (χ0v) is 7.91. The maximum Gasteiger partial charge on any atom is 0.389 e. The maximum absolute atomic E-state index is 13.3. The standard InChI is InChI=1S/C9H15F4N/c10-8(1-4-9(11,12)13)7-2-5-14-6-3-7/h7-8,14H,1-6H2. The van der Waals surface area contributed by atoms with E-state index in [1.54, 1.807) is 0 Å². The van der Waals surface area contributed by atoms with E-state index in [4.69, 9.17) is 0 Å².